The van der Waals surface area contributed by atoms with Crippen LogP contribution in [0.25, 0.3) is 0 Å². The Bertz CT molecular complexity index is 585. The van der Waals surface area contributed by atoms with E-state index >= 15 is 0 Å². The lowest BCUT2D eigenvalue weighted by molar-refractivity contribution is 0.481. The second kappa shape index (κ2) is 5.69. The molecule has 0 atom stereocenters. The summed E-state index contributed by atoms with van der Waals surface area (Å²) in [5.41, 5.74) is 2.43. The molecule has 2 rings (SSSR count). The number of aromatic nitrogens is 1. The topological polar surface area (TPSA) is 67.3 Å². The predicted octanol–water partition coefficient (Wildman–Crippen LogP) is 3.21. The van der Waals surface area contributed by atoms with E-state index in [1.54, 1.807) is 6.07 Å². The fourth-order valence-electron chi connectivity index (χ4n) is 1.70. The van der Waals surface area contributed by atoms with Crippen molar-refractivity contribution in [2.75, 3.05) is 17.4 Å². The van der Waals surface area contributed by atoms with Crippen LogP contribution in [-0.4, -0.2) is 12.0 Å². The van der Waals surface area contributed by atoms with Crippen LogP contribution in [-0.2, 0) is 6.54 Å². The summed E-state index contributed by atoms with van der Waals surface area (Å²) in [6, 6.07) is 5.43. The number of hydrazine groups is 1. The van der Waals surface area contributed by atoms with Crippen molar-refractivity contribution in [3.8, 4) is 0 Å². The van der Waals surface area contributed by atoms with Gasteiger partial charge < -0.3 is 14.7 Å². The molecule has 0 aliphatic rings. The molecule has 2 aromatic rings. The third kappa shape index (κ3) is 3.12. The summed E-state index contributed by atoms with van der Waals surface area (Å²) in [4.78, 5) is 6.14. The quantitative estimate of drug-likeness (QED) is 0.670. The number of halogens is 2. The van der Waals surface area contributed by atoms with Crippen molar-refractivity contribution in [2.45, 2.75) is 13.5 Å². The SMILES string of the molecule is Cc1ccc(CN(C)c2nc(NN)c(Cl)cc2Cl)o1. The minimum atomic E-state index is 0.374. The molecule has 0 saturated heterocycles. The van der Waals surface area contributed by atoms with Gasteiger partial charge in [0.1, 0.15) is 17.3 Å². The second-order valence-corrected chi connectivity index (χ2v) is 4.95. The Balaban J connectivity index is 2.25. The largest absolute Gasteiger partial charge is 0.464 e. The summed E-state index contributed by atoms with van der Waals surface area (Å²) in [5.74, 6) is 8.00. The number of nitrogens with zero attached hydrogens (tertiary/aromatic N) is 2. The van der Waals surface area contributed by atoms with E-state index in [2.05, 4.69) is 10.4 Å². The maximum atomic E-state index is 6.14. The van der Waals surface area contributed by atoms with Crippen LogP contribution in [0.2, 0.25) is 10.0 Å². The van der Waals surface area contributed by atoms with Crippen molar-refractivity contribution in [2.24, 2.45) is 5.84 Å². The molecule has 102 valence electrons. The highest BCUT2D eigenvalue weighted by Gasteiger charge is 2.14. The molecule has 0 fully saturated rings. The molecular formula is C12H14Cl2N4O. The number of anilines is 2. The van der Waals surface area contributed by atoms with Crippen LogP contribution in [0.4, 0.5) is 11.6 Å². The summed E-state index contributed by atoms with van der Waals surface area (Å²) in [5, 5.41) is 0.827. The van der Waals surface area contributed by atoms with Gasteiger partial charge in [0.25, 0.3) is 0 Å². The average Bonchev–Trinajstić information content (AvgIpc) is 2.74. The van der Waals surface area contributed by atoms with Crippen molar-refractivity contribution < 1.29 is 4.42 Å². The molecule has 0 aliphatic heterocycles. The highest BCUT2D eigenvalue weighted by molar-refractivity contribution is 6.37. The Morgan fingerprint density at radius 1 is 1.37 bits per heavy atom. The number of nitrogens with two attached hydrogens (primary N) is 1. The van der Waals surface area contributed by atoms with Gasteiger partial charge in [-0.15, -0.1) is 0 Å². The van der Waals surface area contributed by atoms with Crippen LogP contribution in [0.5, 0.6) is 0 Å². The van der Waals surface area contributed by atoms with Crippen LogP contribution in [0.3, 0.4) is 0 Å². The third-order valence-electron chi connectivity index (χ3n) is 2.60. The van der Waals surface area contributed by atoms with Crippen LogP contribution >= 0.6 is 23.2 Å². The predicted molar refractivity (Wildman–Crippen MR) is 77.6 cm³/mol. The average molecular weight is 301 g/mol. The van der Waals surface area contributed by atoms with E-state index in [1.165, 1.54) is 0 Å². The Morgan fingerprint density at radius 2 is 2.11 bits per heavy atom. The molecule has 0 saturated carbocycles. The maximum Gasteiger partial charge on any atom is 0.161 e. The van der Waals surface area contributed by atoms with Gasteiger partial charge in [-0.25, -0.2) is 10.8 Å². The number of nitrogen functional groups attached to an aromatic ring is 1. The molecule has 0 bridgehead atoms. The monoisotopic (exact) mass is 300 g/mol. The molecule has 0 spiro atoms. The van der Waals surface area contributed by atoms with E-state index in [-0.39, 0.29) is 0 Å². The normalized spacial score (nSPS) is 10.6. The first kappa shape index (κ1) is 14.0. The first-order valence-corrected chi connectivity index (χ1v) is 6.36. The summed E-state index contributed by atoms with van der Waals surface area (Å²) in [6.45, 7) is 2.44. The molecule has 2 heterocycles. The van der Waals surface area contributed by atoms with Crippen LogP contribution in [0, 0.1) is 6.92 Å². The van der Waals surface area contributed by atoms with Crippen molar-refractivity contribution in [3.05, 3.63) is 39.8 Å². The zero-order valence-corrected chi connectivity index (χ0v) is 12.1. The molecular weight excluding hydrogens is 287 g/mol. The standard InChI is InChI=1S/C12H14Cl2N4O/c1-7-3-4-8(19-7)6-18(2)12-10(14)5-9(13)11(16-12)17-15/h3-5H,6,15H2,1-2H3,(H,16,17). The van der Waals surface area contributed by atoms with Gasteiger partial charge in [-0.05, 0) is 25.1 Å². The Labute approximate surface area is 121 Å². The van der Waals surface area contributed by atoms with Gasteiger partial charge in [-0.2, -0.15) is 0 Å². The van der Waals surface area contributed by atoms with Gasteiger partial charge in [-0.1, -0.05) is 23.2 Å². The third-order valence-corrected chi connectivity index (χ3v) is 3.16. The fourth-order valence-corrected chi connectivity index (χ4v) is 2.26. The van der Waals surface area contributed by atoms with Gasteiger partial charge >= 0.3 is 0 Å². The summed E-state index contributed by atoms with van der Waals surface area (Å²) >= 11 is 12.1. The number of furan rings is 1. The van der Waals surface area contributed by atoms with Crippen LogP contribution < -0.4 is 16.2 Å². The smallest absolute Gasteiger partial charge is 0.161 e. The fraction of sp³-hybridized carbons (Fsp3) is 0.250. The van der Waals surface area contributed by atoms with Gasteiger partial charge in [0, 0.05) is 7.05 Å². The number of pyridine rings is 1. The van der Waals surface area contributed by atoms with Crippen molar-refractivity contribution in [1.82, 2.24) is 4.98 Å². The van der Waals surface area contributed by atoms with Crippen LogP contribution in [0.15, 0.2) is 22.6 Å². The first-order chi connectivity index (χ1) is 9.01. The number of hydrogen-bond donors (Lipinski definition) is 2. The molecule has 0 amide bonds. The number of hydrogen-bond acceptors (Lipinski definition) is 5. The van der Waals surface area contributed by atoms with Crippen molar-refractivity contribution in [1.29, 1.82) is 0 Å². The minimum Gasteiger partial charge on any atom is -0.464 e. The van der Waals surface area contributed by atoms with Gasteiger partial charge in [0.2, 0.25) is 0 Å². The molecule has 2 aromatic heterocycles. The highest BCUT2D eigenvalue weighted by atomic mass is 35.5. The minimum absolute atomic E-state index is 0.374. The molecule has 0 radical (unpaired) electrons. The zero-order chi connectivity index (χ0) is 14.0. The summed E-state index contributed by atoms with van der Waals surface area (Å²) in [7, 11) is 1.86. The maximum absolute atomic E-state index is 6.14. The molecule has 0 aromatic carbocycles. The van der Waals surface area contributed by atoms with Gasteiger partial charge in [0.15, 0.2) is 5.82 Å². The number of rotatable bonds is 4. The Kier molecular flexibility index (Phi) is 4.19. The van der Waals surface area contributed by atoms with E-state index in [0.29, 0.717) is 28.2 Å². The van der Waals surface area contributed by atoms with Crippen molar-refractivity contribution >= 4 is 34.8 Å². The Hall–Kier alpha value is -1.43. The lowest BCUT2D eigenvalue weighted by atomic mass is 10.3. The summed E-state index contributed by atoms with van der Waals surface area (Å²) < 4.78 is 5.52. The van der Waals surface area contributed by atoms with Gasteiger partial charge in [0.05, 0.1) is 16.6 Å². The molecule has 3 N–H and O–H groups in total. The lowest BCUT2D eigenvalue weighted by Gasteiger charge is -2.19. The lowest BCUT2D eigenvalue weighted by Crippen LogP contribution is -2.19. The summed E-state index contributed by atoms with van der Waals surface area (Å²) in [6.07, 6.45) is 0. The Morgan fingerprint density at radius 3 is 2.68 bits per heavy atom. The molecule has 0 aliphatic carbocycles. The zero-order valence-electron chi connectivity index (χ0n) is 10.6. The number of nitrogens with one attached hydrogen (secondary N) is 1. The molecule has 7 heteroatoms. The van der Waals surface area contributed by atoms with Crippen LogP contribution in [0.1, 0.15) is 11.5 Å². The van der Waals surface area contributed by atoms with E-state index in [0.717, 1.165) is 11.5 Å². The molecule has 5 nitrogen and oxygen atoms in total. The van der Waals surface area contributed by atoms with E-state index in [9.17, 15) is 0 Å². The van der Waals surface area contributed by atoms with E-state index in [1.807, 2.05) is 31.0 Å². The van der Waals surface area contributed by atoms with E-state index < -0.39 is 0 Å². The second-order valence-electron chi connectivity index (χ2n) is 4.14. The molecule has 0 unspecified atom stereocenters. The molecule has 19 heavy (non-hydrogen) atoms. The first-order valence-electron chi connectivity index (χ1n) is 5.60. The van der Waals surface area contributed by atoms with Crippen molar-refractivity contribution in [3.63, 3.8) is 0 Å². The van der Waals surface area contributed by atoms with Gasteiger partial charge in [-0.3, -0.25) is 0 Å². The highest BCUT2D eigenvalue weighted by Crippen LogP contribution is 2.31. The van der Waals surface area contributed by atoms with E-state index in [4.69, 9.17) is 33.5 Å². The number of aryl methyl sites for hydroxylation is 1.